The molecule has 3 aliphatic rings. The van der Waals surface area contributed by atoms with Crippen LogP contribution in [0, 0.1) is 0 Å². The van der Waals surface area contributed by atoms with E-state index in [4.69, 9.17) is 0 Å². The molecule has 3 fully saturated rings. The van der Waals surface area contributed by atoms with E-state index in [1.54, 1.807) is 0 Å². The highest BCUT2D eigenvalue weighted by molar-refractivity contribution is 6.85. The van der Waals surface area contributed by atoms with E-state index in [-0.39, 0.29) is 0 Å². The molecule has 1 aromatic carbocycles. The molecule has 0 unspecified atom stereocenters. The fourth-order valence-electron chi connectivity index (χ4n) is 2.72. The van der Waals surface area contributed by atoms with Gasteiger partial charge in [0.25, 0.3) is 0 Å². The zero-order chi connectivity index (χ0) is 11.6. The van der Waals surface area contributed by atoms with E-state index in [0.29, 0.717) is 0 Å². The summed E-state index contributed by atoms with van der Waals surface area (Å²) in [6.07, 6.45) is 0. The monoisotopic (exact) mass is 248 g/mol. The normalized spacial score (nSPS) is 33.8. The number of nitrogens with one attached hydrogen (secondary N) is 3. The molecule has 0 aliphatic carbocycles. The van der Waals surface area contributed by atoms with Crippen LogP contribution in [0.2, 0.25) is 0 Å². The average Bonchev–Trinajstić information content (AvgIpc) is 2.28. The Morgan fingerprint density at radius 1 is 0.824 bits per heavy atom. The molecule has 0 radical (unpaired) electrons. The lowest BCUT2D eigenvalue weighted by Crippen LogP contribution is -2.82. The maximum absolute atomic E-state index is 3.76. The van der Waals surface area contributed by atoms with Crippen LogP contribution in [0.1, 0.15) is 0 Å². The smallest absolute Gasteiger partial charge is 0.308 e. The van der Waals surface area contributed by atoms with Crippen molar-refractivity contribution in [3.8, 4) is 0 Å². The first kappa shape index (κ1) is 11.4. The molecule has 4 rings (SSSR count). The summed E-state index contributed by atoms with van der Waals surface area (Å²) in [5.74, 6) is 0. The van der Waals surface area contributed by atoms with Crippen LogP contribution in [0.3, 0.4) is 0 Å². The van der Waals surface area contributed by atoms with Gasteiger partial charge < -0.3 is 14.9 Å². The fraction of sp³-hybridized carbons (Fsp3) is 0.500. The number of fused-ring (bicyclic) bond motifs is 6. The van der Waals surface area contributed by atoms with Gasteiger partial charge in [-0.2, -0.15) is 0 Å². The van der Waals surface area contributed by atoms with E-state index in [1.807, 2.05) is 0 Å². The summed E-state index contributed by atoms with van der Waals surface area (Å²) < 4.78 is 0. The van der Waals surface area contributed by atoms with Crippen molar-refractivity contribution in [2.45, 2.75) is 0 Å². The van der Waals surface area contributed by atoms with E-state index in [1.165, 1.54) is 24.8 Å². The van der Waals surface area contributed by atoms with Crippen LogP contribution in [0.15, 0.2) is 30.3 Å². The summed E-state index contributed by atoms with van der Waals surface area (Å²) in [6.45, 7) is 6.73. The second kappa shape index (κ2) is 4.87. The Labute approximate surface area is 104 Å². The van der Waals surface area contributed by atoms with E-state index in [2.05, 4.69) is 50.2 Å². The fourth-order valence-corrected chi connectivity index (χ4v) is 5.86. The molecular weight excluding hydrogens is 228 g/mol. The van der Waals surface area contributed by atoms with E-state index < -0.39 is 8.56 Å². The Kier molecular flexibility index (Phi) is 3.26. The molecule has 0 amide bonds. The van der Waals surface area contributed by atoms with Crippen molar-refractivity contribution < 1.29 is 0 Å². The lowest BCUT2D eigenvalue weighted by Gasteiger charge is -2.41. The molecule has 92 valence electrons. The van der Waals surface area contributed by atoms with Gasteiger partial charge in [0.05, 0.1) is 0 Å². The van der Waals surface area contributed by atoms with Crippen LogP contribution >= 0.6 is 0 Å². The van der Waals surface area contributed by atoms with E-state index in [9.17, 15) is 0 Å². The van der Waals surface area contributed by atoms with Gasteiger partial charge in [0.2, 0.25) is 0 Å². The average molecular weight is 248 g/mol. The summed E-state index contributed by atoms with van der Waals surface area (Å²) >= 11 is 0. The number of hydrogen-bond donors (Lipinski definition) is 3. The third-order valence-electron chi connectivity index (χ3n) is 3.66. The predicted molar refractivity (Wildman–Crippen MR) is 72.3 cm³/mol. The first-order valence-electron chi connectivity index (χ1n) is 6.42. The van der Waals surface area contributed by atoms with Crippen LogP contribution in [0.25, 0.3) is 0 Å². The summed E-state index contributed by atoms with van der Waals surface area (Å²) in [5.41, 5.74) is 0. The molecule has 0 saturated carbocycles. The summed E-state index contributed by atoms with van der Waals surface area (Å²) in [4.78, 5) is 13.8. The van der Waals surface area contributed by atoms with Crippen molar-refractivity contribution in [3.63, 3.8) is 0 Å². The zero-order valence-corrected chi connectivity index (χ0v) is 11.1. The molecule has 3 aliphatic heterocycles. The van der Waals surface area contributed by atoms with Gasteiger partial charge in [0.15, 0.2) is 0 Å². The molecule has 0 atom stereocenters. The third kappa shape index (κ3) is 2.29. The molecule has 4 nitrogen and oxygen atoms in total. The molecule has 0 aromatic heterocycles. The van der Waals surface area contributed by atoms with Crippen molar-refractivity contribution in [3.05, 3.63) is 30.3 Å². The van der Waals surface area contributed by atoms with Crippen molar-refractivity contribution in [2.75, 3.05) is 39.3 Å². The lowest BCUT2D eigenvalue weighted by molar-refractivity contribution is 0.268. The van der Waals surface area contributed by atoms with Gasteiger partial charge in [-0.05, 0) is 5.19 Å². The quantitative estimate of drug-likeness (QED) is 0.554. The Bertz CT molecular complexity index is 343. The predicted octanol–water partition coefficient (Wildman–Crippen LogP) is -1.07. The SMILES string of the molecule is c1ccc([Si]23NCCN(CCN2)CCN3)cc1. The summed E-state index contributed by atoms with van der Waals surface area (Å²) in [5, 5.41) is 1.41. The molecule has 1 aromatic rings. The van der Waals surface area contributed by atoms with Gasteiger partial charge in [-0.1, -0.05) is 30.3 Å². The molecule has 3 N–H and O–H groups in total. The number of rotatable bonds is 1. The van der Waals surface area contributed by atoms with Gasteiger partial charge in [-0.25, -0.2) is 0 Å². The Morgan fingerprint density at radius 3 is 1.88 bits per heavy atom. The molecule has 5 heteroatoms. The largest absolute Gasteiger partial charge is 0.315 e. The molecule has 17 heavy (non-hydrogen) atoms. The van der Waals surface area contributed by atoms with Gasteiger partial charge in [0.1, 0.15) is 0 Å². The van der Waals surface area contributed by atoms with Gasteiger partial charge >= 0.3 is 8.56 Å². The van der Waals surface area contributed by atoms with Crippen molar-refractivity contribution >= 4 is 13.7 Å². The maximum Gasteiger partial charge on any atom is 0.315 e. The lowest BCUT2D eigenvalue weighted by atomic mass is 10.4. The van der Waals surface area contributed by atoms with Crippen molar-refractivity contribution in [1.29, 1.82) is 0 Å². The van der Waals surface area contributed by atoms with Gasteiger partial charge in [-0.3, -0.25) is 4.90 Å². The van der Waals surface area contributed by atoms with Crippen LogP contribution in [0.4, 0.5) is 0 Å². The van der Waals surface area contributed by atoms with Crippen LogP contribution in [0.5, 0.6) is 0 Å². The topological polar surface area (TPSA) is 39.3 Å². The first-order valence-corrected chi connectivity index (χ1v) is 8.42. The maximum atomic E-state index is 3.76. The summed E-state index contributed by atoms with van der Waals surface area (Å²) in [6, 6.07) is 10.8. The molecule has 3 heterocycles. The number of hydrogen-bond acceptors (Lipinski definition) is 4. The van der Waals surface area contributed by atoms with Crippen LogP contribution in [-0.2, 0) is 0 Å². The van der Waals surface area contributed by atoms with Crippen molar-refractivity contribution in [2.24, 2.45) is 0 Å². The second-order valence-corrected chi connectivity index (χ2v) is 7.88. The van der Waals surface area contributed by atoms with E-state index >= 15 is 0 Å². The molecule has 2 bridgehead atoms. The minimum atomic E-state index is -1.88. The van der Waals surface area contributed by atoms with Gasteiger partial charge in [-0.15, -0.1) is 0 Å². The molecule has 3 saturated heterocycles. The third-order valence-corrected chi connectivity index (χ3v) is 7.20. The highest BCUT2D eigenvalue weighted by atomic mass is 28.4. The number of nitrogens with zero attached hydrogens (tertiary/aromatic N) is 1. The second-order valence-electron chi connectivity index (χ2n) is 4.74. The van der Waals surface area contributed by atoms with Gasteiger partial charge in [0, 0.05) is 39.3 Å². The minimum absolute atomic E-state index is 1.07. The Hall–Kier alpha value is -0.723. The zero-order valence-electron chi connectivity index (χ0n) is 10.1. The Morgan fingerprint density at radius 2 is 1.35 bits per heavy atom. The highest BCUT2D eigenvalue weighted by Gasteiger charge is 2.38. The van der Waals surface area contributed by atoms with Crippen LogP contribution < -0.4 is 20.1 Å². The van der Waals surface area contributed by atoms with E-state index in [0.717, 1.165) is 19.6 Å². The molecular formula is C12H20N4Si. The van der Waals surface area contributed by atoms with Crippen LogP contribution in [-0.4, -0.2) is 52.7 Å². The highest BCUT2D eigenvalue weighted by Crippen LogP contribution is 2.00. The number of benzene rings is 1. The standard InChI is InChI=1S/C12H20N4Si/c1-2-4-12(5-3-1)17-13-6-9-16(10-7-14-17)11-8-15-17/h1-5,13-15H,6-11H2. The Balaban J connectivity index is 1.91. The van der Waals surface area contributed by atoms with Crippen molar-refractivity contribution in [1.82, 2.24) is 19.8 Å². The summed E-state index contributed by atoms with van der Waals surface area (Å²) in [7, 11) is -1.88. The minimum Gasteiger partial charge on any atom is -0.308 e. The molecule has 0 spiro atoms. The first-order chi connectivity index (χ1) is 8.39.